The lowest BCUT2D eigenvalue weighted by Crippen LogP contribution is -2.43. The number of nitrogens with one attached hydrogen (secondary N) is 1. The first kappa shape index (κ1) is 20.5. The van der Waals surface area contributed by atoms with Gasteiger partial charge in [-0.05, 0) is 57.1 Å². The Labute approximate surface area is 173 Å². The Bertz CT molecular complexity index is 800. The number of aromatic nitrogens is 1. The first-order valence-corrected chi connectivity index (χ1v) is 10.3. The zero-order valence-corrected chi connectivity index (χ0v) is 17.6. The smallest absolute Gasteiger partial charge is 0.254 e. The molecule has 1 aromatic heterocycles. The van der Waals surface area contributed by atoms with Gasteiger partial charge in [-0.15, -0.1) is 0 Å². The van der Waals surface area contributed by atoms with E-state index in [4.69, 9.17) is 4.52 Å². The fourth-order valence-electron chi connectivity index (χ4n) is 3.25. The number of benzene rings is 1. The molecule has 0 radical (unpaired) electrons. The Morgan fingerprint density at radius 3 is 2.57 bits per heavy atom. The predicted octanol–water partition coefficient (Wildman–Crippen LogP) is 3.31. The summed E-state index contributed by atoms with van der Waals surface area (Å²) in [5, 5.41) is 6.46. The van der Waals surface area contributed by atoms with Crippen LogP contribution in [0.25, 0.3) is 0 Å². The first-order chi connectivity index (χ1) is 13.5. The summed E-state index contributed by atoms with van der Waals surface area (Å²) < 4.78 is 5.87. The number of nitrogens with zero attached hydrogens (tertiary/aromatic N) is 3. The van der Waals surface area contributed by atoms with Crippen LogP contribution in [-0.4, -0.2) is 59.5 Å². The average molecular weight is 449 g/mol. The van der Waals surface area contributed by atoms with Crippen LogP contribution < -0.4 is 5.32 Å². The predicted molar refractivity (Wildman–Crippen MR) is 110 cm³/mol. The van der Waals surface area contributed by atoms with Crippen LogP contribution in [0.15, 0.2) is 39.3 Å². The van der Waals surface area contributed by atoms with E-state index in [1.807, 2.05) is 12.1 Å². The zero-order valence-electron chi connectivity index (χ0n) is 16.0. The van der Waals surface area contributed by atoms with Gasteiger partial charge in [-0.2, -0.15) is 0 Å². The molecule has 1 aliphatic rings. The van der Waals surface area contributed by atoms with Crippen molar-refractivity contribution in [3.63, 3.8) is 0 Å². The van der Waals surface area contributed by atoms with Crippen LogP contribution in [0.2, 0.25) is 0 Å². The highest BCUT2D eigenvalue weighted by molar-refractivity contribution is 9.10. The molecule has 7 nitrogen and oxygen atoms in total. The van der Waals surface area contributed by atoms with E-state index >= 15 is 0 Å². The highest BCUT2D eigenvalue weighted by Gasteiger charge is 2.21. The molecule has 1 aliphatic heterocycles. The van der Waals surface area contributed by atoms with E-state index in [2.05, 4.69) is 31.3 Å². The van der Waals surface area contributed by atoms with Crippen LogP contribution in [0, 0.1) is 6.92 Å². The molecule has 0 aliphatic carbocycles. The van der Waals surface area contributed by atoms with E-state index in [0.717, 1.165) is 24.1 Å². The minimum atomic E-state index is -0.294. The molecule has 8 heteroatoms. The first-order valence-electron chi connectivity index (χ1n) is 9.51. The van der Waals surface area contributed by atoms with Gasteiger partial charge in [-0.3, -0.25) is 9.59 Å². The number of aryl methyl sites for hydroxylation is 1. The van der Waals surface area contributed by atoms with Crippen LogP contribution in [0.5, 0.6) is 0 Å². The van der Waals surface area contributed by atoms with Gasteiger partial charge in [0.1, 0.15) is 12.3 Å². The fraction of sp³-hybridized carbons (Fsp3) is 0.450. The summed E-state index contributed by atoms with van der Waals surface area (Å²) in [5.74, 6) is 0.520. The van der Waals surface area contributed by atoms with Crippen molar-refractivity contribution in [2.45, 2.75) is 26.2 Å². The third-order valence-electron chi connectivity index (χ3n) is 4.74. The number of hydrogen-bond donors (Lipinski definition) is 1. The van der Waals surface area contributed by atoms with E-state index in [-0.39, 0.29) is 18.4 Å². The second-order valence-electron chi connectivity index (χ2n) is 7.01. The number of anilines is 1. The summed E-state index contributed by atoms with van der Waals surface area (Å²) in [6, 6.07) is 8.83. The molecule has 0 saturated carbocycles. The van der Waals surface area contributed by atoms with Crippen molar-refractivity contribution in [1.82, 2.24) is 15.0 Å². The summed E-state index contributed by atoms with van der Waals surface area (Å²) in [6.45, 7) is 5.08. The van der Waals surface area contributed by atoms with Crippen molar-refractivity contribution < 1.29 is 14.1 Å². The molecule has 2 aromatic rings. The number of carbonyl (C=O) groups is 2. The van der Waals surface area contributed by atoms with Crippen LogP contribution >= 0.6 is 15.9 Å². The summed E-state index contributed by atoms with van der Waals surface area (Å²) in [5.41, 5.74) is 0.562. The van der Waals surface area contributed by atoms with Crippen LogP contribution in [0.4, 0.5) is 5.82 Å². The molecule has 0 unspecified atom stereocenters. The number of hydrogen-bond acceptors (Lipinski definition) is 5. The van der Waals surface area contributed by atoms with Gasteiger partial charge in [0.2, 0.25) is 5.91 Å². The van der Waals surface area contributed by atoms with Crippen molar-refractivity contribution in [3.05, 3.63) is 46.1 Å². The molecule has 2 heterocycles. The number of likely N-dealkylation sites (tertiary alicyclic amines) is 1. The third kappa shape index (κ3) is 5.90. The standard InChI is InChI=1S/C20H25BrN4O3/c1-15-13-18(23-28-15)22-19(26)14-25(12-11-24-9-3-2-4-10-24)20(27)16-5-7-17(21)8-6-16/h5-8,13H,2-4,9-12,14H2,1H3,(H,22,23,26). The van der Waals surface area contributed by atoms with Crippen LogP contribution in [0.1, 0.15) is 35.4 Å². The lowest BCUT2D eigenvalue weighted by atomic mass is 10.1. The van der Waals surface area contributed by atoms with E-state index in [1.165, 1.54) is 19.3 Å². The van der Waals surface area contributed by atoms with Gasteiger partial charge in [0.25, 0.3) is 5.91 Å². The number of carbonyl (C=O) groups excluding carboxylic acids is 2. The lowest BCUT2D eigenvalue weighted by molar-refractivity contribution is -0.117. The number of amides is 2. The quantitative estimate of drug-likeness (QED) is 0.702. The topological polar surface area (TPSA) is 78.7 Å². The van der Waals surface area contributed by atoms with E-state index in [1.54, 1.807) is 30.0 Å². The normalized spacial score (nSPS) is 14.6. The summed E-state index contributed by atoms with van der Waals surface area (Å²) in [6.07, 6.45) is 3.64. The van der Waals surface area contributed by atoms with Crippen molar-refractivity contribution in [3.8, 4) is 0 Å². The average Bonchev–Trinajstić information content (AvgIpc) is 3.10. The van der Waals surface area contributed by atoms with Crippen molar-refractivity contribution in [1.29, 1.82) is 0 Å². The number of piperidine rings is 1. The molecular weight excluding hydrogens is 424 g/mol. The maximum absolute atomic E-state index is 13.0. The monoisotopic (exact) mass is 448 g/mol. The van der Waals surface area contributed by atoms with E-state index in [9.17, 15) is 9.59 Å². The lowest BCUT2D eigenvalue weighted by Gasteiger charge is -2.30. The molecule has 3 rings (SSSR count). The molecule has 28 heavy (non-hydrogen) atoms. The highest BCUT2D eigenvalue weighted by Crippen LogP contribution is 2.14. The molecule has 1 saturated heterocycles. The van der Waals surface area contributed by atoms with E-state index < -0.39 is 0 Å². The van der Waals surface area contributed by atoms with Gasteiger partial charge in [0.05, 0.1) is 0 Å². The molecule has 1 aromatic carbocycles. The Hall–Kier alpha value is -2.19. The maximum atomic E-state index is 13.0. The molecule has 150 valence electrons. The summed E-state index contributed by atoms with van der Waals surface area (Å²) in [4.78, 5) is 29.4. The Morgan fingerprint density at radius 2 is 1.93 bits per heavy atom. The maximum Gasteiger partial charge on any atom is 0.254 e. The Balaban J connectivity index is 1.66. The molecule has 0 atom stereocenters. The van der Waals surface area contributed by atoms with Crippen molar-refractivity contribution in [2.24, 2.45) is 0 Å². The van der Waals surface area contributed by atoms with Gasteiger partial charge in [0.15, 0.2) is 5.82 Å². The minimum Gasteiger partial charge on any atom is -0.360 e. The summed E-state index contributed by atoms with van der Waals surface area (Å²) in [7, 11) is 0. The van der Waals surface area contributed by atoms with Crippen molar-refractivity contribution >= 4 is 33.6 Å². The number of rotatable bonds is 7. The van der Waals surface area contributed by atoms with E-state index in [0.29, 0.717) is 23.7 Å². The fourth-order valence-corrected chi connectivity index (χ4v) is 3.52. The molecule has 0 bridgehead atoms. The van der Waals surface area contributed by atoms with Gasteiger partial charge in [-0.25, -0.2) is 0 Å². The minimum absolute atomic E-state index is 0.0331. The SMILES string of the molecule is Cc1cc(NC(=O)CN(CCN2CCCCC2)C(=O)c2ccc(Br)cc2)no1. The Morgan fingerprint density at radius 1 is 1.21 bits per heavy atom. The Kier molecular flexibility index (Phi) is 7.22. The van der Waals surface area contributed by atoms with Gasteiger partial charge < -0.3 is 19.6 Å². The van der Waals surface area contributed by atoms with Crippen molar-refractivity contribution in [2.75, 3.05) is 38.0 Å². The second kappa shape index (κ2) is 9.84. The third-order valence-corrected chi connectivity index (χ3v) is 5.27. The van der Waals surface area contributed by atoms with Gasteiger partial charge >= 0.3 is 0 Å². The molecule has 1 N–H and O–H groups in total. The largest absolute Gasteiger partial charge is 0.360 e. The van der Waals surface area contributed by atoms with Gasteiger partial charge in [-0.1, -0.05) is 27.5 Å². The van der Waals surface area contributed by atoms with Gasteiger partial charge in [0, 0.05) is 29.2 Å². The molecular formula is C20H25BrN4O3. The second-order valence-corrected chi connectivity index (χ2v) is 7.92. The highest BCUT2D eigenvalue weighted by atomic mass is 79.9. The zero-order chi connectivity index (χ0) is 19.9. The summed E-state index contributed by atoms with van der Waals surface area (Å²) >= 11 is 3.38. The molecule has 1 fully saturated rings. The van der Waals surface area contributed by atoms with Crippen LogP contribution in [-0.2, 0) is 4.79 Å². The van der Waals surface area contributed by atoms with Crippen LogP contribution in [0.3, 0.4) is 0 Å². The number of halogens is 1. The molecule has 0 spiro atoms. The molecule has 2 amide bonds.